The molecule has 27 heavy (non-hydrogen) atoms. The zero-order valence-corrected chi connectivity index (χ0v) is 15.3. The van der Waals surface area contributed by atoms with E-state index in [9.17, 15) is 4.79 Å². The van der Waals surface area contributed by atoms with Crippen LogP contribution in [0.4, 0.5) is 5.69 Å². The van der Waals surface area contributed by atoms with Crippen LogP contribution < -0.4 is 5.32 Å². The number of rotatable bonds is 6. The third-order valence-electron chi connectivity index (χ3n) is 4.67. The fraction of sp³-hybridized carbons (Fsp3) is 0.368. The molecule has 1 N–H and O–H groups in total. The van der Waals surface area contributed by atoms with Crippen molar-refractivity contribution in [3.8, 4) is 11.4 Å². The Hall–Kier alpha value is -3.00. The van der Waals surface area contributed by atoms with Crippen molar-refractivity contribution in [2.75, 3.05) is 18.4 Å². The number of anilines is 1. The molecule has 0 aliphatic carbocycles. The predicted octanol–water partition coefficient (Wildman–Crippen LogP) is 2.80. The van der Waals surface area contributed by atoms with Gasteiger partial charge in [0.05, 0.1) is 6.54 Å². The number of furan rings is 1. The van der Waals surface area contributed by atoms with Crippen molar-refractivity contribution in [1.82, 2.24) is 25.1 Å². The number of hydrogen-bond acceptors (Lipinski definition) is 6. The standard InChI is InChI=1S/C19H22N6O2/c1-2-25-18(21-22-23-25)14-6-5-7-15(12-14)20-19(26)17-9-8-16(27-17)13-24-10-3-4-11-24/h5-9,12H,2-4,10-11,13H2,1H3,(H,20,26). The molecular formula is C19H22N6O2. The second-order valence-corrected chi connectivity index (χ2v) is 6.60. The maximum Gasteiger partial charge on any atom is 0.291 e. The number of aromatic nitrogens is 4. The summed E-state index contributed by atoms with van der Waals surface area (Å²) in [5.74, 6) is 1.53. The lowest BCUT2D eigenvalue weighted by atomic mass is 10.2. The average molecular weight is 366 g/mol. The molecule has 1 saturated heterocycles. The first kappa shape index (κ1) is 17.4. The molecular weight excluding hydrogens is 344 g/mol. The van der Waals surface area contributed by atoms with Crippen LogP contribution in [0, 0.1) is 0 Å². The quantitative estimate of drug-likeness (QED) is 0.722. The Balaban J connectivity index is 1.45. The summed E-state index contributed by atoms with van der Waals surface area (Å²) < 4.78 is 7.43. The smallest absolute Gasteiger partial charge is 0.291 e. The summed E-state index contributed by atoms with van der Waals surface area (Å²) in [7, 11) is 0. The normalized spacial score (nSPS) is 14.6. The number of aryl methyl sites for hydroxylation is 1. The van der Waals surface area contributed by atoms with Gasteiger partial charge in [-0.3, -0.25) is 9.69 Å². The van der Waals surface area contributed by atoms with Gasteiger partial charge >= 0.3 is 0 Å². The van der Waals surface area contributed by atoms with Crippen LogP contribution in [0.2, 0.25) is 0 Å². The highest BCUT2D eigenvalue weighted by Crippen LogP contribution is 2.21. The van der Waals surface area contributed by atoms with Gasteiger partial charge in [-0.15, -0.1) is 5.10 Å². The van der Waals surface area contributed by atoms with Crippen molar-refractivity contribution >= 4 is 11.6 Å². The molecule has 0 spiro atoms. The highest BCUT2D eigenvalue weighted by Gasteiger charge is 2.16. The number of carbonyl (C=O) groups excluding carboxylic acids is 1. The molecule has 8 nitrogen and oxygen atoms in total. The van der Waals surface area contributed by atoms with Gasteiger partial charge in [0.15, 0.2) is 11.6 Å². The minimum absolute atomic E-state index is 0.269. The van der Waals surface area contributed by atoms with E-state index in [1.807, 2.05) is 37.3 Å². The van der Waals surface area contributed by atoms with Gasteiger partial charge in [-0.2, -0.15) is 0 Å². The van der Waals surface area contributed by atoms with Crippen LogP contribution in [0.25, 0.3) is 11.4 Å². The summed E-state index contributed by atoms with van der Waals surface area (Å²) in [4.78, 5) is 14.9. The zero-order valence-electron chi connectivity index (χ0n) is 15.3. The summed E-state index contributed by atoms with van der Waals surface area (Å²) in [5.41, 5.74) is 1.51. The molecule has 1 aromatic carbocycles. The van der Waals surface area contributed by atoms with Crippen LogP contribution in [0.5, 0.6) is 0 Å². The Labute approximate surface area is 157 Å². The van der Waals surface area contributed by atoms with Crippen molar-refractivity contribution < 1.29 is 9.21 Å². The van der Waals surface area contributed by atoms with Crippen molar-refractivity contribution in [3.05, 3.63) is 47.9 Å². The number of hydrogen-bond donors (Lipinski definition) is 1. The third-order valence-corrected chi connectivity index (χ3v) is 4.67. The number of likely N-dealkylation sites (tertiary alicyclic amines) is 1. The molecule has 1 fully saturated rings. The Morgan fingerprint density at radius 1 is 1.22 bits per heavy atom. The number of amides is 1. The molecule has 3 heterocycles. The van der Waals surface area contributed by atoms with E-state index in [0.717, 1.165) is 31.0 Å². The molecule has 0 unspecified atom stereocenters. The molecule has 1 amide bonds. The lowest BCUT2D eigenvalue weighted by Gasteiger charge is -2.11. The van der Waals surface area contributed by atoms with Gasteiger partial charge in [-0.05, 0) is 67.5 Å². The predicted molar refractivity (Wildman–Crippen MR) is 100 cm³/mol. The first-order valence-corrected chi connectivity index (χ1v) is 9.22. The van der Waals surface area contributed by atoms with Crippen molar-refractivity contribution in [3.63, 3.8) is 0 Å². The third kappa shape index (κ3) is 3.90. The minimum atomic E-state index is -0.269. The summed E-state index contributed by atoms with van der Waals surface area (Å²) in [6.07, 6.45) is 2.46. The maximum atomic E-state index is 12.5. The Morgan fingerprint density at radius 3 is 2.89 bits per heavy atom. The molecule has 140 valence electrons. The van der Waals surface area contributed by atoms with Crippen LogP contribution in [0.3, 0.4) is 0 Å². The number of benzene rings is 1. The molecule has 4 rings (SSSR count). The topological polar surface area (TPSA) is 89.1 Å². The largest absolute Gasteiger partial charge is 0.455 e. The van der Waals surface area contributed by atoms with E-state index in [1.165, 1.54) is 12.8 Å². The van der Waals surface area contributed by atoms with Crippen LogP contribution in [-0.4, -0.2) is 44.1 Å². The van der Waals surface area contributed by atoms with Crippen LogP contribution >= 0.6 is 0 Å². The second kappa shape index (κ2) is 7.71. The Morgan fingerprint density at radius 2 is 2.07 bits per heavy atom. The van der Waals surface area contributed by atoms with Crippen molar-refractivity contribution in [2.24, 2.45) is 0 Å². The van der Waals surface area contributed by atoms with Gasteiger partial charge in [0.1, 0.15) is 5.76 Å². The Kier molecular flexibility index (Phi) is 4.97. The lowest BCUT2D eigenvalue weighted by molar-refractivity contribution is 0.0993. The number of nitrogens with zero attached hydrogens (tertiary/aromatic N) is 5. The van der Waals surface area contributed by atoms with Gasteiger partial charge in [0, 0.05) is 17.8 Å². The van der Waals surface area contributed by atoms with E-state index in [4.69, 9.17) is 4.42 Å². The van der Waals surface area contributed by atoms with Gasteiger partial charge in [0.2, 0.25) is 0 Å². The number of tetrazole rings is 1. The van der Waals surface area contributed by atoms with E-state index in [0.29, 0.717) is 23.8 Å². The first-order valence-electron chi connectivity index (χ1n) is 9.22. The lowest BCUT2D eigenvalue weighted by Crippen LogP contribution is -2.18. The molecule has 0 atom stereocenters. The molecule has 8 heteroatoms. The molecule has 0 saturated carbocycles. The van der Waals surface area contributed by atoms with E-state index in [1.54, 1.807) is 10.7 Å². The summed E-state index contributed by atoms with van der Waals surface area (Å²) in [6, 6.07) is 11.1. The molecule has 0 radical (unpaired) electrons. The second-order valence-electron chi connectivity index (χ2n) is 6.60. The van der Waals surface area contributed by atoms with Gasteiger partial charge in [-0.1, -0.05) is 12.1 Å². The van der Waals surface area contributed by atoms with Crippen LogP contribution in [-0.2, 0) is 13.1 Å². The van der Waals surface area contributed by atoms with Gasteiger partial charge in [0.25, 0.3) is 5.91 Å². The highest BCUT2D eigenvalue weighted by atomic mass is 16.4. The highest BCUT2D eigenvalue weighted by molar-refractivity contribution is 6.02. The van der Waals surface area contributed by atoms with E-state index in [-0.39, 0.29) is 5.91 Å². The molecule has 2 aromatic heterocycles. The van der Waals surface area contributed by atoms with Gasteiger partial charge in [-0.25, -0.2) is 4.68 Å². The average Bonchev–Trinajstić information content (AvgIpc) is 3.44. The summed E-state index contributed by atoms with van der Waals surface area (Å²) >= 11 is 0. The Bertz CT molecular complexity index is 926. The SMILES string of the molecule is CCn1nnnc1-c1cccc(NC(=O)c2ccc(CN3CCCC3)o2)c1. The van der Waals surface area contributed by atoms with Crippen LogP contribution in [0.15, 0.2) is 40.8 Å². The summed E-state index contributed by atoms with van der Waals surface area (Å²) in [5, 5.41) is 14.6. The van der Waals surface area contributed by atoms with Gasteiger partial charge < -0.3 is 9.73 Å². The number of nitrogens with one attached hydrogen (secondary N) is 1. The fourth-order valence-electron chi connectivity index (χ4n) is 3.30. The minimum Gasteiger partial charge on any atom is -0.455 e. The van der Waals surface area contributed by atoms with E-state index in [2.05, 4.69) is 25.7 Å². The zero-order chi connectivity index (χ0) is 18.6. The van der Waals surface area contributed by atoms with Crippen molar-refractivity contribution in [1.29, 1.82) is 0 Å². The molecule has 0 bridgehead atoms. The summed E-state index contributed by atoms with van der Waals surface area (Å²) in [6.45, 7) is 5.58. The van der Waals surface area contributed by atoms with E-state index < -0.39 is 0 Å². The van der Waals surface area contributed by atoms with Crippen LogP contribution in [0.1, 0.15) is 36.1 Å². The van der Waals surface area contributed by atoms with Crippen molar-refractivity contribution in [2.45, 2.75) is 32.9 Å². The number of carbonyl (C=O) groups is 1. The fourth-order valence-corrected chi connectivity index (χ4v) is 3.30. The molecule has 3 aromatic rings. The first-order chi connectivity index (χ1) is 13.2. The molecule has 1 aliphatic rings. The van der Waals surface area contributed by atoms with E-state index >= 15 is 0 Å². The monoisotopic (exact) mass is 366 g/mol. The maximum absolute atomic E-state index is 12.5. The molecule has 1 aliphatic heterocycles.